The van der Waals surface area contributed by atoms with E-state index in [0.717, 1.165) is 0 Å². The molecule has 0 aliphatic rings. The summed E-state index contributed by atoms with van der Waals surface area (Å²) in [6.45, 7) is 5.34. The maximum Gasteiger partial charge on any atom is 0.519 e. The van der Waals surface area contributed by atoms with E-state index in [1.165, 1.54) is 0 Å². The van der Waals surface area contributed by atoms with Crippen LogP contribution in [0.4, 0.5) is 0 Å². The molecule has 12 heavy (non-hydrogen) atoms. The summed E-state index contributed by atoms with van der Waals surface area (Å²) in [7, 11) is 0. The predicted molar refractivity (Wildman–Crippen MR) is 49.9 cm³/mol. The van der Waals surface area contributed by atoms with Gasteiger partial charge in [0.15, 0.2) is 18.1 Å². The van der Waals surface area contributed by atoms with E-state index in [9.17, 15) is 4.79 Å². The molecule has 0 saturated carbocycles. The molecule has 0 N–H and O–H groups in total. The summed E-state index contributed by atoms with van der Waals surface area (Å²) in [6, 6.07) is 0. The molecule has 5 heteroatoms. The van der Waals surface area contributed by atoms with Gasteiger partial charge in [-0.25, -0.2) is 4.79 Å². The second-order valence-electron chi connectivity index (χ2n) is 2.08. The molecule has 1 aromatic heterocycles. The minimum absolute atomic E-state index is 0.180. The van der Waals surface area contributed by atoms with Crippen LogP contribution in [-0.4, -0.2) is 0 Å². The molecular formula is C7H7IO4. The molecular weight excluding hydrogens is 275 g/mol. The Morgan fingerprint density at radius 2 is 2.33 bits per heavy atom. The Hall–Kier alpha value is -0.720. The molecule has 0 fully saturated rings. The van der Waals surface area contributed by atoms with Crippen LogP contribution in [0.25, 0.3) is 0 Å². The van der Waals surface area contributed by atoms with Crippen molar-refractivity contribution in [3.05, 3.63) is 32.5 Å². The molecule has 66 valence electrons. The fourth-order valence-corrected chi connectivity index (χ4v) is 0.806. The summed E-state index contributed by atoms with van der Waals surface area (Å²) in [5.41, 5.74) is 0. The van der Waals surface area contributed by atoms with Crippen LogP contribution >= 0.6 is 22.6 Å². The highest BCUT2D eigenvalue weighted by Crippen LogP contribution is 2.11. The van der Waals surface area contributed by atoms with Crippen molar-refractivity contribution in [3.8, 4) is 0 Å². The molecule has 0 atom stereocenters. The number of aryl methyl sites for hydroxylation is 1. The standard InChI is InChI=1S/C7H7IO4/c1-4-6(3-10-5(2)8)12-7(9)11-4/h2-3H2,1H3. The zero-order valence-electron chi connectivity index (χ0n) is 6.43. The number of hydrogen-bond acceptors (Lipinski definition) is 4. The highest BCUT2D eigenvalue weighted by atomic mass is 127. The smallest absolute Gasteiger partial charge is 0.480 e. The first-order valence-corrected chi connectivity index (χ1v) is 4.24. The summed E-state index contributed by atoms with van der Waals surface area (Å²) in [4.78, 5) is 10.5. The summed E-state index contributed by atoms with van der Waals surface area (Å²) in [5, 5.41) is 0. The molecule has 0 amide bonds. The second kappa shape index (κ2) is 3.79. The largest absolute Gasteiger partial charge is 0.519 e. The molecule has 0 unspecified atom stereocenters. The molecule has 4 nitrogen and oxygen atoms in total. The van der Waals surface area contributed by atoms with Crippen molar-refractivity contribution >= 4 is 22.6 Å². The van der Waals surface area contributed by atoms with E-state index in [-0.39, 0.29) is 6.61 Å². The van der Waals surface area contributed by atoms with Crippen molar-refractivity contribution in [2.75, 3.05) is 0 Å². The number of rotatable bonds is 3. The molecule has 0 bridgehead atoms. The lowest BCUT2D eigenvalue weighted by Crippen LogP contribution is -1.89. The van der Waals surface area contributed by atoms with Crippen molar-refractivity contribution in [1.29, 1.82) is 0 Å². The third-order valence-corrected chi connectivity index (χ3v) is 1.51. The van der Waals surface area contributed by atoms with E-state index >= 15 is 0 Å². The van der Waals surface area contributed by atoms with Crippen LogP contribution in [-0.2, 0) is 11.3 Å². The summed E-state index contributed by atoms with van der Waals surface area (Å²) < 4.78 is 14.8. The van der Waals surface area contributed by atoms with Gasteiger partial charge in [-0.1, -0.05) is 6.58 Å². The Morgan fingerprint density at radius 1 is 1.67 bits per heavy atom. The monoisotopic (exact) mass is 282 g/mol. The normalized spacial score (nSPS) is 9.83. The van der Waals surface area contributed by atoms with Crippen molar-refractivity contribution in [2.45, 2.75) is 13.5 Å². The van der Waals surface area contributed by atoms with Crippen LogP contribution in [0.15, 0.2) is 24.0 Å². The van der Waals surface area contributed by atoms with E-state index in [1.54, 1.807) is 6.92 Å². The van der Waals surface area contributed by atoms with Crippen LogP contribution in [0.5, 0.6) is 0 Å². The van der Waals surface area contributed by atoms with E-state index in [2.05, 4.69) is 15.4 Å². The average molecular weight is 282 g/mol. The third kappa shape index (κ3) is 2.40. The highest BCUT2D eigenvalue weighted by Gasteiger charge is 2.08. The van der Waals surface area contributed by atoms with E-state index in [0.29, 0.717) is 15.3 Å². The fraction of sp³-hybridized carbons (Fsp3) is 0.286. The Morgan fingerprint density at radius 3 is 2.75 bits per heavy atom. The van der Waals surface area contributed by atoms with Crippen LogP contribution in [0.3, 0.4) is 0 Å². The number of ether oxygens (including phenoxy) is 1. The van der Waals surface area contributed by atoms with Gasteiger partial charge in [0.25, 0.3) is 0 Å². The van der Waals surface area contributed by atoms with Crippen molar-refractivity contribution in [2.24, 2.45) is 0 Å². The maximum atomic E-state index is 10.5. The van der Waals surface area contributed by atoms with Crippen LogP contribution in [0, 0.1) is 6.92 Å². The van der Waals surface area contributed by atoms with Gasteiger partial charge in [0, 0.05) is 0 Å². The summed E-state index contributed by atoms with van der Waals surface area (Å²) >= 11 is 1.92. The maximum absolute atomic E-state index is 10.5. The highest BCUT2D eigenvalue weighted by molar-refractivity contribution is 14.1. The Kier molecular flexibility index (Phi) is 2.96. The van der Waals surface area contributed by atoms with Gasteiger partial charge >= 0.3 is 5.82 Å². The zero-order chi connectivity index (χ0) is 9.14. The van der Waals surface area contributed by atoms with Crippen molar-refractivity contribution in [1.82, 2.24) is 0 Å². The summed E-state index contributed by atoms with van der Waals surface area (Å²) in [6.07, 6.45) is 0. The Labute approximate surface area is 82.3 Å². The number of hydrogen-bond donors (Lipinski definition) is 0. The molecule has 0 aliphatic heterocycles. The SMILES string of the molecule is C=C(I)OCc1oc(=O)oc1C. The molecule has 0 radical (unpaired) electrons. The Balaban J connectivity index is 2.69. The average Bonchev–Trinajstić information content (AvgIpc) is 2.26. The second-order valence-corrected chi connectivity index (χ2v) is 3.28. The van der Waals surface area contributed by atoms with Gasteiger partial charge in [0.05, 0.1) is 0 Å². The van der Waals surface area contributed by atoms with Crippen molar-refractivity contribution in [3.63, 3.8) is 0 Å². The van der Waals surface area contributed by atoms with Gasteiger partial charge in [-0.3, -0.25) is 0 Å². The first-order valence-electron chi connectivity index (χ1n) is 3.16. The van der Waals surface area contributed by atoms with Crippen LogP contribution in [0.1, 0.15) is 11.5 Å². The topological polar surface area (TPSA) is 52.6 Å². The van der Waals surface area contributed by atoms with Gasteiger partial charge in [-0.15, -0.1) is 0 Å². The minimum Gasteiger partial charge on any atom is -0.480 e. The van der Waals surface area contributed by atoms with Crippen LogP contribution in [0.2, 0.25) is 0 Å². The summed E-state index contributed by atoms with van der Waals surface area (Å²) in [5.74, 6) is 0.139. The molecule has 1 heterocycles. The van der Waals surface area contributed by atoms with Gasteiger partial charge in [-0.05, 0) is 29.5 Å². The van der Waals surface area contributed by atoms with Gasteiger partial charge < -0.3 is 13.6 Å². The van der Waals surface area contributed by atoms with E-state index < -0.39 is 5.82 Å². The fourth-order valence-electron chi connectivity index (χ4n) is 0.650. The van der Waals surface area contributed by atoms with Gasteiger partial charge in [-0.2, -0.15) is 0 Å². The third-order valence-electron chi connectivity index (χ3n) is 1.20. The molecule has 0 aliphatic carbocycles. The molecule has 0 saturated heterocycles. The zero-order valence-corrected chi connectivity index (χ0v) is 8.58. The van der Waals surface area contributed by atoms with E-state index in [4.69, 9.17) is 4.74 Å². The lowest BCUT2D eigenvalue weighted by molar-refractivity contribution is 0.202. The number of halogens is 1. The molecule has 1 rings (SSSR count). The Bertz CT molecular complexity index is 335. The van der Waals surface area contributed by atoms with Crippen molar-refractivity contribution < 1.29 is 13.6 Å². The van der Waals surface area contributed by atoms with Crippen LogP contribution < -0.4 is 5.82 Å². The first kappa shape index (κ1) is 9.37. The molecule has 0 aromatic carbocycles. The lowest BCUT2D eigenvalue weighted by Gasteiger charge is -1.98. The molecule has 0 spiro atoms. The minimum atomic E-state index is -0.704. The lowest BCUT2D eigenvalue weighted by atomic mass is 10.4. The van der Waals surface area contributed by atoms with Gasteiger partial charge in [0.2, 0.25) is 0 Å². The predicted octanol–water partition coefficient (Wildman–Crippen LogP) is 1.96. The quantitative estimate of drug-likeness (QED) is 0.628. The first-order chi connectivity index (χ1) is 5.59. The molecule has 1 aromatic rings. The van der Waals surface area contributed by atoms with Gasteiger partial charge in [0.1, 0.15) is 3.77 Å². The van der Waals surface area contributed by atoms with E-state index in [1.807, 2.05) is 22.6 Å².